The fourth-order valence-corrected chi connectivity index (χ4v) is 2.43. The SMILES string of the molecule is Fc1ccc(Cl)c(CC(F)C2CCCCN2)c1. The van der Waals surface area contributed by atoms with Gasteiger partial charge in [-0.2, -0.15) is 0 Å². The molecular formula is C13H16ClF2N. The van der Waals surface area contributed by atoms with Crippen molar-refractivity contribution in [1.82, 2.24) is 5.32 Å². The number of rotatable bonds is 3. The van der Waals surface area contributed by atoms with Gasteiger partial charge in [-0.25, -0.2) is 8.78 Å². The summed E-state index contributed by atoms with van der Waals surface area (Å²) in [6, 6.07) is 3.96. The van der Waals surface area contributed by atoms with Gasteiger partial charge in [-0.05, 0) is 43.1 Å². The van der Waals surface area contributed by atoms with Crippen LogP contribution in [-0.4, -0.2) is 18.8 Å². The van der Waals surface area contributed by atoms with Crippen LogP contribution in [0.5, 0.6) is 0 Å². The molecule has 0 saturated carbocycles. The van der Waals surface area contributed by atoms with E-state index in [-0.39, 0.29) is 18.3 Å². The van der Waals surface area contributed by atoms with E-state index in [1.807, 2.05) is 0 Å². The Kier molecular flexibility index (Phi) is 4.35. The van der Waals surface area contributed by atoms with Crippen LogP contribution in [0.2, 0.25) is 5.02 Å². The summed E-state index contributed by atoms with van der Waals surface area (Å²) in [7, 11) is 0. The Morgan fingerprint density at radius 3 is 2.94 bits per heavy atom. The molecule has 4 heteroatoms. The molecule has 1 saturated heterocycles. The van der Waals surface area contributed by atoms with Gasteiger partial charge in [-0.1, -0.05) is 18.0 Å². The zero-order valence-electron chi connectivity index (χ0n) is 9.56. The Morgan fingerprint density at radius 2 is 2.24 bits per heavy atom. The Morgan fingerprint density at radius 1 is 1.41 bits per heavy atom. The lowest BCUT2D eigenvalue weighted by molar-refractivity contribution is 0.217. The second kappa shape index (κ2) is 5.78. The maximum Gasteiger partial charge on any atom is 0.123 e. The van der Waals surface area contributed by atoms with E-state index in [4.69, 9.17) is 11.6 Å². The molecule has 0 spiro atoms. The molecule has 1 aromatic rings. The topological polar surface area (TPSA) is 12.0 Å². The van der Waals surface area contributed by atoms with E-state index in [0.29, 0.717) is 10.6 Å². The molecule has 1 aliphatic rings. The maximum absolute atomic E-state index is 14.0. The Bertz CT molecular complexity index is 378. The van der Waals surface area contributed by atoms with Gasteiger partial charge in [0.05, 0.1) is 0 Å². The molecule has 2 atom stereocenters. The summed E-state index contributed by atoms with van der Waals surface area (Å²) in [4.78, 5) is 0. The zero-order valence-corrected chi connectivity index (χ0v) is 10.3. The van der Waals surface area contributed by atoms with Gasteiger partial charge in [0.1, 0.15) is 12.0 Å². The average molecular weight is 260 g/mol. The Hall–Kier alpha value is -0.670. The first kappa shape index (κ1) is 12.8. The van der Waals surface area contributed by atoms with E-state index >= 15 is 0 Å². The van der Waals surface area contributed by atoms with Gasteiger partial charge >= 0.3 is 0 Å². The predicted molar refractivity (Wildman–Crippen MR) is 65.7 cm³/mol. The molecule has 2 rings (SSSR count). The number of halogens is 3. The van der Waals surface area contributed by atoms with E-state index < -0.39 is 6.17 Å². The Labute approximate surface area is 105 Å². The number of hydrogen-bond acceptors (Lipinski definition) is 1. The third kappa shape index (κ3) is 3.39. The molecule has 1 nitrogen and oxygen atoms in total. The molecule has 0 aliphatic carbocycles. The van der Waals surface area contributed by atoms with Gasteiger partial charge in [-0.15, -0.1) is 0 Å². The highest BCUT2D eigenvalue weighted by Gasteiger charge is 2.23. The minimum absolute atomic E-state index is 0.122. The molecule has 0 aromatic heterocycles. The van der Waals surface area contributed by atoms with Crippen LogP contribution in [0.3, 0.4) is 0 Å². The highest BCUT2D eigenvalue weighted by Crippen LogP contribution is 2.22. The van der Waals surface area contributed by atoms with Gasteiger partial charge in [0, 0.05) is 17.5 Å². The molecule has 94 valence electrons. The van der Waals surface area contributed by atoms with Gasteiger partial charge < -0.3 is 5.32 Å². The minimum atomic E-state index is -1.01. The normalized spacial score (nSPS) is 22.4. The number of piperidine rings is 1. The first-order valence-corrected chi connectivity index (χ1v) is 6.36. The standard InChI is InChI=1S/C13H16ClF2N/c14-11-5-4-10(15)7-9(11)8-12(16)13-3-1-2-6-17-13/h4-5,7,12-13,17H,1-3,6,8H2. The van der Waals surface area contributed by atoms with Crippen LogP contribution in [0.1, 0.15) is 24.8 Å². The van der Waals surface area contributed by atoms with Crippen LogP contribution in [-0.2, 0) is 6.42 Å². The van der Waals surface area contributed by atoms with Crippen LogP contribution >= 0.6 is 11.6 Å². The van der Waals surface area contributed by atoms with E-state index in [1.165, 1.54) is 18.2 Å². The lowest BCUT2D eigenvalue weighted by Gasteiger charge is -2.26. The van der Waals surface area contributed by atoms with Crippen molar-refractivity contribution >= 4 is 11.6 Å². The molecule has 1 heterocycles. The zero-order chi connectivity index (χ0) is 12.3. The van der Waals surface area contributed by atoms with Crippen LogP contribution < -0.4 is 5.32 Å². The van der Waals surface area contributed by atoms with Crippen LogP contribution in [0.4, 0.5) is 8.78 Å². The molecule has 0 bridgehead atoms. The van der Waals surface area contributed by atoms with Crippen LogP contribution in [0.25, 0.3) is 0 Å². The second-order valence-electron chi connectivity index (χ2n) is 4.51. The van der Waals surface area contributed by atoms with Crippen molar-refractivity contribution in [3.63, 3.8) is 0 Å². The first-order valence-electron chi connectivity index (χ1n) is 5.98. The summed E-state index contributed by atoms with van der Waals surface area (Å²) in [6.45, 7) is 0.863. The summed E-state index contributed by atoms with van der Waals surface area (Å²) in [6.07, 6.45) is 2.16. The van der Waals surface area contributed by atoms with Crippen molar-refractivity contribution in [2.24, 2.45) is 0 Å². The van der Waals surface area contributed by atoms with Gasteiger partial charge in [0.25, 0.3) is 0 Å². The molecular weight excluding hydrogens is 244 g/mol. The third-order valence-electron chi connectivity index (χ3n) is 3.21. The molecule has 1 aromatic carbocycles. The lowest BCUT2D eigenvalue weighted by atomic mass is 9.96. The molecule has 17 heavy (non-hydrogen) atoms. The summed E-state index contributed by atoms with van der Waals surface area (Å²) in [5.74, 6) is -0.367. The number of alkyl halides is 1. The highest BCUT2D eigenvalue weighted by molar-refractivity contribution is 6.31. The monoisotopic (exact) mass is 259 g/mol. The van der Waals surface area contributed by atoms with Crippen molar-refractivity contribution in [3.05, 3.63) is 34.6 Å². The summed E-state index contributed by atoms with van der Waals surface area (Å²) < 4.78 is 27.1. The van der Waals surface area contributed by atoms with Gasteiger partial charge in [0.2, 0.25) is 0 Å². The van der Waals surface area contributed by atoms with Gasteiger partial charge in [0.15, 0.2) is 0 Å². The van der Waals surface area contributed by atoms with Crippen molar-refractivity contribution in [3.8, 4) is 0 Å². The number of nitrogens with one attached hydrogen (secondary N) is 1. The lowest BCUT2D eigenvalue weighted by Crippen LogP contribution is -2.42. The first-order chi connectivity index (χ1) is 8.16. The molecule has 1 aliphatic heterocycles. The molecule has 2 unspecified atom stereocenters. The van der Waals surface area contributed by atoms with Crippen molar-refractivity contribution in [2.75, 3.05) is 6.54 Å². The fraction of sp³-hybridized carbons (Fsp3) is 0.538. The third-order valence-corrected chi connectivity index (χ3v) is 3.58. The van der Waals surface area contributed by atoms with E-state index in [2.05, 4.69) is 5.32 Å². The average Bonchev–Trinajstić information content (AvgIpc) is 2.35. The van der Waals surface area contributed by atoms with Crippen molar-refractivity contribution in [2.45, 2.75) is 37.9 Å². The largest absolute Gasteiger partial charge is 0.311 e. The summed E-state index contributed by atoms with van der Waals surface area (Å²) in [5, 5.41) is 3.60. The summed E-state index contributed by atoms with van der Waals surface area (Å²) in [5.41, 5.74) is 0.548. The van der Waals surface area contributed by atoms with Crippen molar-refractivity contribution in [1.29, 1.82) is 0 Å². The van der Waals surface area contributed by atoms with E-state index in [9.17, 15) is 8.78 Å². The molecule has 1 fully saturated rings. The fourth-order valence-electron chi connectivity index (χ4n) is 2.24. The van der Waals surface area contributed by atoms with Crippen LogP contribution in [0.15, 0.2) is 18.2 Å². The number of hydrogen-bond donors (Lipinski definition) is 1. The van der Waals surface area contributed by atoms with Crippen LogP contribution in [0, 0.1) is 5.82 Å². The minimum Gasteiger partial charge on any atom is -0.311 e. The quantitative estimate of drug-likeness (QED) is 0.876. The molecule has 0 radical (unpaired) electrons. The maximum atomic E-state index is 14.0. The van der Waals surface area contributed by atoms with E-state index in [0.717, 1.165) is 25.8 Å². The molecule has 0 amide bonds. The summed E-state index contributed by atoms with van der Waals surface area (Å²) >= 11 is 5.93. The highest BCUT2D eigenvalue weighted by atomic mass is 35.5. The molecule has 1 N–H and O–H groups in total. The van der Waals surface area contributed by atoms with E-state index in [1.54, 1.807) is 0 Å². The predicted octanol–water partition coefficient (Wildman–Crippen LogP) is 3.50. The second-order valence-corrected chi connectivity index (χ2v) is 4.92. The van der Waals surface area contributed by atoms with Gasteiger partial charge in [-0.3, -0.25) is 0 Å². The Balaban J connectivity index is 2.01. The van der Waals surface area contributed by atoms with Crippen molar-refractivity contribution < 1.29 is 8.78 Å². The number of benzene rings is 1. The smallest absolute Gasteiger partial charge is 0.123 e.